The smallest absolute Gasteiger partial charge is 0.324 e. The standard InChI is InChI=1S/C35H34N8O2S/c1-35(2,3)30-20-33(43(42-30)24-9-11-25(46-4)12-10-24)41-34(44)39-28-13-14-29(27-8-6-5-7-26(27)28)45-22-23-15-16-37-31(19-23)40-32-21-36-17-18-38-32/h5-21H,22H2,1-4H3,(H,37,38,40)(H2,39,41,44). The molecule has 0 fully saturated rings. The lowest BCUT2D eigenvalue weighted by Gasteiger charge is -2.15. The van der Waals surface area contributed by atoms with Crippen LogP contribution < -0.4 is 20.7 Å². The Labute approximate surface area is 271 Å². The number of carbonyl (C=O) groups excluding carboxylic acids is 1. The largest absolute Gasteiger partial charge is 0.488 e. The van der Waals surface area contributed by atoms with Crippen LogP contribution in [0.2, 0.25) is 0 Å². The molecule has 0 aliphatic carbocycles. The van der Waals surface area contributed by atoms with Gasteiger partial charge in [-0.1, -0.05) is 45.0 Å². The first-order valence-electron chi connectivity index (χ1n) is 14.7. The molecule has 3 N–H and O–H groups in total. The maximum atomic E-state index is 13.4. The summed E-state index contributed by atoms with van der Waals surface area (Å²) in [4.78, 5) is 27.2. The van der Waals surface area contributed by atoms with Crippen LogP contribution in [0.15, 0.2) is 109 Å². The van der Waals surface area contributed by atoms with Gasteiger partial charge in [0, 0.05) is 45.7 Å². The average Bonchev–Trinajstić information content (AvgIpc) is 3.49. The number of nitrogens with one attached hydrogen (secondary N) is 3. The molecule has 0 radical (unpaired) electrons. The number of carbonyl (C=O) groups is 1. The molecular weight excluding hydrogens is 597 g/mol. The Morgan fingerprint density at radius 1 is 0.870 bits per heavy atom. The van der Waals surface area contributed by atoms with E-state index in [9.17, 15) is 4.79 Å². The lowest BCUT2D eigenvalue weighted by atomic mass is 9.92. The van der Waals surface area contributed by atoms with Crippen molar-refractivity contribution >= 4 is 51.7 Å². The van der Waals surface area contributed by atoms with Gasteiger partial charge in [0.15, 0.2) is 0 Å². The van der Waals surface area contributed by atoms with E-state index in [1.54, 1.807) is 41.2 Å². The Balaban J connectivity index is 1.19. The number of pyridine rings is 1. The minimum Gasteiger partial charge on any atom is -0.488 e. The van der Waals surface area contributed by atoms with Crippen molar-refractivity contribution in [3.05, 3.63) is 115 Å². The van der Waals surface area contributed by atoms with Crippen LogP contribution in [0.3, 0.4) is 0 Å². The fourth-order valence-electron chi connectivity index (χ4n) is 4.82. The van der Waals surface area contributed by atoms with Gasteiger partial charge in [-0.3, -0.25) is 10.3 Å². The fraction of sp³-hybridized carbons (Fsp3) is 0.171. The lowest BCUT2D eigenvalue weighted by molar-refractivity contribution is 0.262. The second kappa shape index (κ2) is 13.3. The number of hydrogen-bond donors (Lipinski definition) is 3. The first-order chi connectivity index (χ1) is 22.3. The van der Waals surface area contributed by atoms with Crippen LogP contribution in [0, 0.1) is 0 Å². The van der Waals surface area contributed by atoms with E-state index in [0.717, 1.165) is 32.6 Å². The Morgan fingerprint density at radius 2 is 1.65 bits per heavy atom. The SMILES string of the molecule is CSc1ccc(-n2nc(C(C)(C)C)cc2NC(=O)Nc2ccc(OCc3ccnc(Nc4cnccn4)c3)c3ccccc23)cc1. The Morgan fingerprint density at radius 3 is 2.39 bits per heavy atom. The first-order valence-corrected chi connectivity index (χ1v) is 15.9. The van der Waals surface area contributed by atoms with Gasteiger partial charge in [-0.05, 0) is 60.4 Å². The predicted molar refractivity (Wildman–Crippen MR) is 185 cm³/mol. The third kappa shape index (κ3) is 7.10. The number of thioether (sulfide) groups is 1. The van der Waals surface area contributed by atoms with E-state index in [0.29, 0.717) is 35.5 Å². The number of nitrogens with zero attached hydrogens (tertiary/aromatic N) is 5. The van der Waals surface area contributed by atoms with E-state index in [1.807, 2.05) is 85.1 Å². The van der Waals surface area contributed by atoms with Crippen molar-refractivity contribution in [2.75, 3.05) is 22.2 Å². The average molecular weight is 631 g/mol. The molecule has 0 aliphatic rings. The topological polar surface area (TPSA) is 119 Å². The molecule has 0 bridgehead atoms. The van der Waals surface area contributed by atoms with Gasteiger partial charge in [0.2, 0.25) is 0 Å². The van der Waals surface area contributed by atoms with Crippen molar-refractivity contribution in [2.45, 2.75) is 37.7 Å². The molecule has 6 rings (SSSR count). The number of hydrogen-bond acceptors (Lipinski definition) is 8. The zero-order valence-corrected chi connectivity index (χ0v) is 26.8. The fourth-order valence-corrected chi connectivity index (χ4v) is 5.23. The van der Waals surface area contributed by atoms with Crippen LogP contribution in [0.1, 0.15) is 32.0 Å². The predicted octanol–water partition coefficient (Wildman–Crippen LogP) is 8.20. The van der Waals surface area contributed by atoms with Crippen LogP contribution in [0.5, 0.6) is 5.75 Å². The quantitative estimate of drug-likeness (QED) is 0.137. The van der Waals surface area contributed by atoms with Crippen LogP contribution in [0.25, 0.3) is 16.5 Å². The highest BCUT2D eigenvalue weighted by Crippen LogP contribution is 2.33. The molecular formula is C35H34N8O2S. The van der Waals surface area contributed by atoms with Gasteiger partial charge in [0.05, 0.1) is 23.3 Å². The third-order valence-electron chi connectivity index (χ3n) is 7.21. The molecule has 232 valence electrons. The summed E-state index contributed by atoms with van der Waals surface area (Å²) in [5.74, 6) is 2.53. The molecule has 3 aromatic heterocycles. The van der Waals surface area contributed by atoms with Gasteiger partial charge in [-0.2, -0.15) is 5.10 Å². The summed E-state index contributed by atoms with van der Waals surface area (Å²) >= 11 is 1.68. The van der Waals surface area contributed by atoms with E-state index >= 15 is 0 Å². The van der Waals surface area contributed by atoms with E-state index in [-0.39, 0.29) is 11.4 Å². The molecule has 0 aliphatic heterocycles. The third-order valence-corrected chi connectivity index (χ3v) is 7.95. The Kier molecular flexibility index (Phi) is 8.84. The number of aromatic nitrogens is 5. The Hall–Kier alpha value is -5.42. The Bertz CT molecular complexity index is 1970. The zero-order chi connectivity index (χ0) is 32.1. The van der Waals surface area contributed by atoms with Gasteiger partial charge < -0.3 is 15.4 Å². The number of benzene rings is 3. The summed E-state index contributed by atoms with van der Waals surface area (Å²) in [7, 11) is 0. The molecule has 0 atom stereocenters. The van der Waals surface area contributed by atoms with Crippen LogP contribution >= 0.6 is 11.8 Å². The summed E-state index contributed by atoms with van der Waals surface area (Å²) in [6.07, 6.45) is 8.63. The minimum atomic E-state index is -0.374. The number of amides is 2. The highest BCUT2D eigenvalue weighted by atomic mass is 32.2. The van der Waals surface area contributed by atoms with E-state index in [1.165, 1.54) is 0 Å². The van der Waals surface area contributed by atoms with E-state index in [2.05, 4.69) is 51.7 Å². The van der Waals surface area contributed by atoms with Gasteiger partial charge in [0.25, 0.3) is 0 Å². The number of urea groups is 1. The second-order valence-corrected chi connectivity index (χ2v) is 12.4. The minimum absolute atomic E-state index is 0.200. The zero-order valence-electron chi connectivity index (χ0n) is 26.0. The first kappa shape index (κ1) is 30.6. The highest BCUT2D eigenvalue weighted by molar-refractivity contribution is 7.98. The number of fused-ring (bicyclic) bond motifs is 1. The van der Waals surface area contributed by atoms with Crippen LogP contribution in [-0.4, -0.2) is 37.0 Å². The number of ether oxygens (including phenoxy) is 1. The molecule has 10 nitrogen and oxygen atoms in total. The normalized spacial score (nSPS) is 11.3. The molecule has 2 amide bonds. The van der Waals surface area contributed by atoms with Crippen molar-refractivity contribution in [3.63, 3.8) is 0 Å². The summed E-state index contributed by atoms with van der Waals surface area (Å²) in [6.45, 7) is 6.62. The van der Waals surface area contributed by atoms with Gasteiger partial charge in [-0.25, -0.2) is 19.4 Å². The molecule has 46 heavy (non-hydrogen) atoms. The molecule has 3 aromatic carbocycles. The van der Waals surface area contributed by atoms with E-state index in [4.69, 9.17) is 9.84 Å². The number of anilines is 4. The molecule has 11 heteroatoms. The van der Waals surface area contributed by atoms with Crippen molar-refractivity contribution < 1.29 is 9.53 Å². The van der Waals surface area contributed by atoms with Crippen molar-refractivity contribution in [1.82, 2.24) is 24.7 Å². The van der Waals surface area contributed by atoms with Crippen LogP contribution in [0.4, 0.5) is 27.9 Å². The maximum absolute atomic E-state index is 13.4. The highest BCUT2D eigenvalue weighted by Gasteiger charge is 2.22. The van der Waals surface area contributed by atoms with Gasteiger partial charge in [0.1, 0.15) is 29.8 Å². The molecule has 0 spiro atoms. The number of rotatable bonds is 9. The van der Waals surface area contributed by atoms with Crippen molar-refractivity contribution in [1.29, 1.82) is 0 Å². The molecule has 6 aromatic rings. The maximum Gasteiger partial charge on any atom is 0.324 e. The molecule has 0 saturated heterocycles. The van der Waals surface area contributed by atoms with Gasteiger partial charge >= 0.3 is 6.03 Å². The second-order valence-electron chi connectivity index (χ2n) is 11.6. The van der Waals surface area contributed by atoms with E-state index < -0.39 is 0 Å². The van der Waals surface area contributed by atoms with Crippen LogP contribution in [-0.2, 0) is 12.0 Å². The summed E-state index contributed by atoms with van der Waals surface area (Å²) in [5, 5.41) is 15.8. The molecule has 0 unspecified atom stereocenters. The summed E-state index contributed by atoms with van der Waals surface area (Å²) in [6, 6.07) is 25.0. The molecule has 3 heterocycles. The monoisotopic (exact) mass is 630 g/mol. The molecule has 0 saturated carbocycles. The summed E-state index contributed by atoms with van der Waals surface area (Å²) < 4.78 is 8.03. The van der Waals surface area contributed by atoms with Gasteiger partial charge in [-0.15, -0.1) is 11.8 Å². The van der Waals surface area contributed by atoms with Crippen molar-refractivity contribution in [2.24, 2.45) is 0 Å². The summed E-state index contributed by atoms with van der Waals surface area (Å²) in [5.41, 5.74) is 3.12. The van der Waals surface area contributed by atoms with Crippen molar-refractivity contribution in [3.8, 4) is 11.4 Å². The lowest BCUT2D eigenvalue weighted by Crippen LogP contribution is -2.21.